The van der Waals surface area contributed by atoms with E-state index in [9.17, 15) is 0 Å². The molecule has 132 valence electrons. The molecule has 0 saturated heterocycles. The standard InChI is InChI=1S/C16H24BrN5O2/c1-5-6-7-22-16(19-20-21-22)18-10-12-8-14(23-4)15(9-13(12)17)24-11(2)3/h8-9,11H,5-7,10H2,1-4H3,(H,18,19,21). The molecule has 0 fully saturated rings. The van der Waals surface area contributed by atoms with Crippen molar-refractivity contribution in [3.8, 4) is 11.5 Å². The van der Waals surface area contributed by atoms with Gasteiger partial charge in [0.05, 0.1) is 13.2 Å². The van der Waals surface area contributed by atoms with Crippen LogP contribution in [0.5, 0.6) is 11.5 Å². The first kappa shape index (κ1) is 18.5. The van der Waals surface area contributed by atoms with Crippen molar-refractivity contribution in [2.24, 2.45) is 0 Å². The monoisotopic (exact) mass is 397 g/mol. The van der Waals surface area contributed by atoms with Gasteiger partial charge in [-0.05, 0) is 48.4 Å². The molecule has 0 aliphatic rings. The lowest BCUT2D eigenvalue weighted by atomic mass is 10.2. The molecule has 0 aliphatic carbocycles. The number of tetrazole rings is 1. The number of rotatable bonds is 9. The molecule has 1 heterocycles. The van der Waals surface area contributed by atoms with E-state index in [2.05, 4.69) is 43.7 Å². The molecule has 7 nitrogen and oxygen atoms in total. The van der Waals surface area contributed by atoms with Gasteiger partial charge in [-0.2, -0.15) is 0 Å². The first-order chi connectivity index (χ1) is 11.5. The molecule has 1 N–H and O–H groups in total. The Bertz CT molecular complexity index is 660. The van der Waals surface area contributed by atoms with Crippen molar-refractivity contribution >= 4 is 21.9 Å². The summed E-state index contributed by atoms with van der Waals surface area (Å²) in [5, 5.41) is 15.0. The number of nitrogens with one attached hydrogen (secondary N) is 1. The molecular weight excluding hydrogens is 374 g/mol. The van der Waals surface area contributed by atoms with Gasteiger partial charge in [-0.25, -0.2) is 4.68 Å². The zero-order valence-corrected chi connectivity index (χ0v) is 16.1. The van der Waals surface area contributed by atoms with E-state index in [0.717, 1.165) is 35.2 Å². The second-order valence-electron chi connectivity index (χ2n) is 5.69. The minimum atomic E-state index is 0.0815. The molecule has 0 radical (unpaired) electrons. The third kappa shape index (κ3) is 4.83. The number of methoxy groups -OCH3 is 1. The maximum atomic E-state index is 5.77. The normalized spacial score (nSPS) is 10.9. The van der Waals surface area contributed by atoms with Gasteiger partial charge in [-0.15, -0.1) is 0 Å². The summed E-state index contributed by atoms with van der Waals surface area (Å²) < 4.78 is 13.9. The second kappa shape index (κ2) is 8.86. The van der Waals surface area contributed by atoms with Crippen LogP contribution in [-0.2, 0) is 13.1 Å². The van der Waals surface area contributed by atoms with Crippen LogP contribution >= 0.6 is 15.9 Å². The van der Waals surface area contributed by atoms with E-state index >= 15 is 0 Å². The first-order valence-corrected chi connectivity index (χ1v) is 8.87. The maximum Gasteiger partial charge on any atom is 0.243 e. The number of ether oxygens (including phenoxy) is 2. The number of benzene rings is 1. The summed E-state index contributed by atoms with van der Waals surface area (Å²) in [5.41, 5.74) is 1.04. The number of nitrogens with zero attached hydrogens (tertiary/aromatic N) is 4. The molecule has 2 aromatic rings. The minimum absolute atomic E-state index is 0.0815. The van der Waals surface area contributed by atoms with Crippen LogP contribution in [0, 0.1) is 0 Å². The predicted molar refractivity (Wildman–Crippen MR) is 96.5 cm³/mol. The molecule has 0 amide bonds. The number of hydrogen-bond acceptors (Lipinski definition) is 6. The van der Waals surface area contributed by atoms with Crippen molar-refractivity contribution in [2.45, 2.75) is 52.8 Å². The molecule has 0 aliphatic heterocycles. The van der Waals surface area contributed by atoms with E-state index in [1.807, 2.05) is 26.0 Å². The third-order valence-corrected chi connectivity index (χ3v) is 4.13. The van der Waals surface area contributed by atoms with Crippen molar-refractivity contribution in [3.63, 3.8) is 0 Å². The lowest BCUT2D eigenvalue weighted by molar-refractivity contribution is 0.230. The van der Waals surface area contributed by atoms with Crippen LogP contribution in [0.1, 0.15) is 39.2 Å². The molecule has 8 heteroatoms. The Morgan fingerprint density at radius 1 is 1.29 bits per heavy atom. The number of aromatic nitrogens is 4. The van der Waals surface area contributed by atoms with Crippen LogP contribution in [0.2, 0.25) is 0 Å². The van der Waals surface area contributed by atoms with E-state index in [-0.39, 0.29) is 6.10 Å². The molecule has 1 aromatic carbocycles. The van der Waals surface area contributed by atoms with Gasteiger partial charge in [-0.3, -0.25) is 0 Å². The average molecular weight is 398 g/mol. The van der Waals surface area contributed by atoms with E-state index < -0.39 is 0 Å². The van der Waals surface area contributed by atoms with Crippen LogP contribution in [0.15, 0.2) is 16.6 Å². The molecular formula is C16H24BrN5O2. The Labute approximate surface area is 150 Å². The summed E-state index contributed by atoms with van der Waals surface area (Å²) in [6.07, 6.45) is 2.22. The highest BCUT2D eigenvalue weighted by Crippen LogP contribution is 2.34. The third-order valence-electron chi connectivity index (χ3n) is 3.39. The number of unbranched alkanes of at least 4 members (excludes halogenated alkanes) is 1. The molecule has 1 aromatic heterocycles. The summed E-state index contributed by atoms with van der Waals surface area (Å²) in [7, 11) is 1.64. The van der Waals surface area contributed by atoms with Gasteiger partial charge in [0, 0.05) is 17.6 Å². The summed E-state index contributed by atoms with van der Waals surface area (Å²) in [4.78, 5) is 0. The van der Waals surface area contributed by atoms with E-state index in [1.54, 1.807) is 11.8 Å². The van der Waals surface area contributed by atoms with Crippen molar-refractivity contribution in [2.75, 3.05) is 12.4 Å². The highest BCUT2D eigenvalue weighted by Gasteiger charge is 2.13. The van der Waals surface area contributed by atoms with E-state index in [4.69, 9.17) is 9.47 Å². The molecule has 0 bridgehead atoms. The average Bonchev–Trinajstić information content (AvgIpc) is 2.99. The molecule has 24 heavy (non-hydrogen) atoms. The molecule has 0 atom stereocenters. The number of halogens is 1. The van der Waals surface area contributed by atoms with Gasteiger partial charge in [0.25, 0.3) is 0 Å². The fourth-order valence-corrected chi connectivity index (χ4v) is 2.64. The Morgan fingerprint density at radius 2 is 2.08 bits per heavy atom. The Balaban J connectivity index is 2.11. The Morgan fingerprint density at radius 3 is 2.75 bits per heavy atom. The fourth-order valence-electron chi connectivity index (χ4n) is 2.18. The molecule has 0 saturated carbocycles. The SMILES string of the molecule is CCCCn1nnnc1NCc1cc(OC)c(OC(C)C)cc1Br. The predicted octanol–water partition coefficient (Wildman–Crippen LogP) is 3.64. The maximum absolute atomic E-state index is 5.77. The highest BCUT2D eigenvalue weighted by atomic mass is 79.9. The quantitative estimate of drug-likeness (QED) is 0.695. The van der Waals surface area contributed by atoms with Crippen molar-refractivity contribution < 1.29 is 9.47 Å². The lowest BCUT2D eigenvalue weighted by Gasteiger charge is -2.16. The van der Waals surface area contributed by atoms with Gasteiger partial charge in [0.1, 0.15) is 0 Å². The summed E-state index contributed by atoms with van der Waals surface area (Å²) in [6, 6.07) is 3.88. The van der Waals surface area contributed by atoms with Crippen LogP contribution in [0.25, 0.3) is 0 Å². The second-order valence-corrected chi connectivity index (χ2v) is 6.55. The van der Waals surface area contributed by atoms with Gasteiger partial charge in [0.2, 0.25) is 5.95 Å². The van der Waals surface area contributed by atoms with Crippen LogP contribution in [-0.4, -0.2) is 33.4 Å². The smallest absolute Gasteiger partial charge is 0.243 e. The summed E-state index contributed by atoms with van der Waals surface area (Å²) in [6.45, 7) is 7.49. The highest BCUT2D eigenvalue weighted by molar-refractivity contribution is 9.10. The van der Waals surface area contributed by atoms with E-state index in [0.29, 0.717) is 18.2 Å². The largest absolute Gasteiger partial charge is 0.493 e. The molecule has 0 unspecified atom stereocenters. The molecule has 2 rings (SSSR count). The van der Waals surface area contributed by atoms with E-state index in [1.165, 1.54) is 0 Å². The fraction of sp³-hybridized carbons (Fsp3) is 0.562. The van der Waals surface area contributed by atoms with Crippen molar-refractivity contribution in [1.82, 2.24) is 20.2 Å². The topological polar surface area (TPSA) is 74.1 Å². The van der Waals surface area contributed by atoms with Crippen molar-refractivity contribution in [3.05, 3.63) is 22.2 Å². The lowest BCUT2D eigenvalue weighted by Crippen LogP contribution is -2.10. The number of anilines is 1. The zero-order valence-electron chi connectivity index (χ0n) is 14.5. The molecule has 0 spiro atoms. The first-order valence-electron chi connectivity index (χ1n) is 8.08. The Kier molecular flexibility index (Phi) is 6.84. The van der Waals surface area contributed by atoms with Crippen LogP contribution in [0.3, 0.4) is 0 Å². The Hall–Kier alpha value is -1.83. The van der Waals surface area contributed by atoms with Gasteiger partial charge >= 0.3 is 0 Å². The number of aryl methyl sites for hydroxylation is 1. The summed E-state index contributed by atoms with van der Waals surface area (Å²) >= 11 is 3.59. The van der Waals surface area contributed by atoms with Crippen molar-refractivity contribution in [1.29, 1.82) is 0 Å². The van der Waals surface area contributed by atoms with Crippen LogP contribution in [0.4, 0.5) is 5.95 Å². The minimum Gasteiger partial charge on any atom is -0.493 e. The zero-order chi connectivity index (χ0) is 17.5. The van der Waals surface area contributed by atoms with Crippen LogP contribution < -0.4 is 14.8 Å². The van der Waals surface area contributed by atoms with Gasteiger partial charge < -0.3 is 14.8 Å². The number of hydrogen-bond donors (Lipinski definition) is 1. The van der Waals surface area contributed by atoms with Gasteiger partial charge in [0.15, 0.2) is 11.5 Å². The summed E-state index contributed by atoms with van der Waals surface area (Å²) in [5.74, 6) is 2.09. The van der Waals surface area contributed by atoms with Gasteiger partial charge in [-0.1, -0.05) is 34.4 Å².